The van der Waals surface area contributed by atoms with Gasteiger partial charge in [-0.25, -0.2) is 0 Å². The van der Waals surface area contributed by atoms with Crippen LogP contribution in [0.4, 0.5) is 5.69 Å². The minimum absolute atomic E-state index is 0.0766. The Kier molecular flexibility index (Phi) is 6.83. The van der Waals surface area contributed by atoms with E-state index in [4.69, 9.17) is 16.3 Å². The number of hydrogen-bond donors (Lipinski definition) is 1. The van der Waals surface area contributed by atoms with Crippen LogP contribution in [-0.2, 0) is 17.9 Å². The van der Waals surface area contributed by atoms with E-state index < -0.39 is 0 Å². The molecule has 5 aromatic rings. The van der Waals surface area contributed by atoms with E-state index in [1.165, 1.54) is 0 Å². The SMILES string of the molecule is O=C(Cn1ccc2c(OCc3ccccc3)cccc21)Nc1ccc(Cl)cc1C(=O)c1ccccc1. The molecule has 1 N–H and O–H groups in total. The van der Waals surface area contributed by atoms with Gasteiger partial charge >= 0.3 is 0 Å². The number of benzene rings is 4. The Morgan fingerprint density at radius 3 is 2.36 bits per heavy atom. The molecule has 6 heteroatoms. The maximum atomic E-state index is 13.1. The van der Waals surface area contributed by atoms with Crippen LogP contribution in [0, 0.1) is 0 Å². The lowest BCUT2D eigenvalue weighted by Crippen LogP contribution is -2.20. The van der Waals surface area contributed by atoms with Crippen LogP contribution < -0.4 is 10.1 Å². The van der Waals surface area contributed by atoms with Gasteiger partial charge in [0.25, 0.3) is 0 Å². The summed E-state index contributed by atoms with van der Waals surface area (Å²) in [5.41, 5.74) is 3.25. The summed E-state index contributed by atoms with van der Waals surface area (Å²) in [5, 5.41) is 4.23. The maximum absolute atomic E-state index is 13.1. The number of carbonyl (C=O) groups is 2. The van der Waals surface area contributed by atoms with Gasteiger partial charge in [0.05, 0.1) is 11.2 Å². The van der Waals surface area contributed by atoms with Gasteiger partial charge in [-0.15, -0.1) is 0 Å². The molecular weight excluding hydrogens is 472 g/mol. The van der Waals surface area contributed by atoms with Gasteiger partial charge in [-0.2, -0.15) is 0 Å². The van der Waals surface area contributed by atoms with E-state index in [0.717, 1.165) is 22.2 Å². The largest absolute Gasteiger partial charge is 0.488 e. The van der Waals surface area contributed by atoms with Crippen molar-refractivity contribution in [1.29, 1.82) is 0 Å². The molecule has 36 heavy (non-hydrogen) atoms. The number of nitrogens with one attached hydrogen (secondary N) is 1. The second-order valence-electron chi connectivity index (χ2n) is 8.34. The van der Waals surface area contributed by atoms with Gasteiger partial charge in [0.15, 0.2) is 5.78 Å². The van der Waals surface area contributed by atoms with Crippen molar-refractivity contribution in [2.24, 2.45) is 0 Å². The van der Waals surface area contributed by atoms with Crippen molar-refractivity contribution in [3.8, 4) is 5.75 Å². The number of nitrogens with zero attached hydrogens (tertiary/aromatic N) is 1. The molecule has 0 aliphatic heterocycles. The van der Waals surface area contributed by atoms with Crippen LogP contribution in [0.15, 0.2) is 109 Å². The van der Waals surface area contributed by atoms with E-state index in [9.17, 15) is 9.59 Å². The van der Waals surface area contributed by atoms with E-state index in [1.807, 2.05) is 71.4 Å². The van der Waals surface area contributed by atoms with Crippen LogP contribution in [0.25, 0.3) is 10.9 Å². The molecule has 5 nitrogen and oxygen atoms in total. The Balaban J connectivity index is 1.33. The number of ether oxygens (including phenoxy) is 1. The van der Waals surface area contributed by atoms with Gasteiger partial charge in [-0.05, 0) is 42.0 Å². The highest BCUT2D eigenvalue weighted by Crippen LogP contribution is 2.28. The number of ketones is 1. The second-order valence-corrected chi connectivity index (χ2v) is 8.78. The number of amides is 1. The van der Waals surface area contributed by atoms with Crippen molar-refractivity contribution in [2.45, 2.75) is 13.2 Å². The summed E-state index contributed by atoms with van der Waals surface area (Å²) < 4.78 is 7.91. The van der Waals surface area contributed by atoms with Crippen molar-refractivity contribution in [2.75, 3.05) is 5.32 Å². The fourth-order valence-electron chi connectivity index (χ4n) is 4.10. The third-order valence-corrected chi connectivity index (χ3v) is 6.10. The fraction of sp³-hybridized carbons (Fsp3) is 0.0667. The van der Waals surface area contributed by atoms with Crippen molar-refractivity contribution in [1.82, 2.24) is 4.57 Å². The third kappa shape index (κ3) is 5.16. The van der Waals surface area contributed by atoms with Crippen LogP contribution in [-0.4, -0.2) is 16.3 Å². The molecule has 0 unspecified atom stereocenters. The zero-order valence-electron chi connectivity index (χ0n) is 19.4. The molecule has 0 fully saturated rings. The standard InChI is InChI=1S/C30H23ClN2O3/c31-23-14-15-26(25(18-23)30(35)22-10-5-2-6-11-22)32-29(34)19-33-17-16-24-27(33)12-7-13-28(24)36-20-21-8-3-1-4-9-21/h1-18H,19-20H2,(H,32,34). The molecule has 1 aromatic heterocycles. The average molecular weight is 495 g/mol. The first-order chi connectivity index (χ1) is 17.6. The molecule has 0 aliphatic carbocycles. The Morgan fingerprint density at radius 2 is 1.58 bits per heavy atom. The van der Waals surface area contributed by atoms with Gasteiger partial charge in [0.2, 0.25) is 5.91 Å². The predicted octanol–water partition coefficient (Wildman–Crippen LogP) is 6.74. The number of aromatic nitrogens is 1. The first-order valence-electron chi connectivity index (χ1n) is 11.5. The van der Waals surface area contributed by atoms with Gasteiger partial charge in [0.1, 0.15) is 18.9 Å². The van der Waals surface area contributed by atoms with Crippen molar-refractivity contribution >= 4 is 39.9 Å². The minimum atomic E-state index is -0.257. The summed E-state index contributed by atoms with van der Waals surface area (Å²) in [7, 11) is 0. The smallest absolute Gasteiger partial charge is 0.244 e. The minimum Gasteiger partial charge on any atom is -0.488 e. The molecular formula is C30H23ClN2O3. The summed E-state index contributed by atoms with van der Waals surface area (Å²) in [6, 6.07) is 31.5. The van der Waals surface area contributed by atoms with E-state index in [2.05, 4.69) is 5.32 Å². The normalized spacial score (nSPS) is 10.8. The quantitative estimate of drug-likeness (QED) is 0.243. The molecule has 5 rings (SSSR count). The highest BCUT2D eigenvalue weighted by molar-refractivity contribution is 6.31. The summed E-state index contributed by atoms with van der Waals surface area (Å²) >= 11 is 6.16. The Morgan fingerprint density at radius 1 is 0.833 bits per heavy atom. The third-order valence-electron chi connectivity index (χ3n) is 5.86. The van der Waals surface area contributed by atoms with Crippen molar-refractivity contribution in [3.63, 3.8) is 0 Å². The highest BCUT2D eigenvalue weighted by Gasteiger charge is 2.17. The molecule has 0 saturated carbocycles. The Bertz CT molecular complexity index is 1530. The molecule has 4 aromatic carbocycles. The van der Waals surface area contributed by atoms with Gasteiger partial charge < -0.3 is 14.6 Å². The highest BCUT2D eigenvalue weighted by atomic mass is 35.5. The van der Waals surface area contributed by atoms with Gasteiger partial charge in [0, 0.05) is 27.7 Å². The van der Waals surface area contributed by atoms with E-state index in [1.54, 1.807) is 42.5 Å². The molecule has 178 valence electrons. The summed E-state index contributed by atoms with van der Waals surface area (Å²) in [6.45, 7) is 0.535. The van der Waals surface area contributed by atoms with Gasteiger partial charge in [-0.1, -0.05) is 78.3 Å². The zero-order valence-corrected chi connectivity index (χ0v) is 20.1. The predicted molar refractivity (Wildman–Crippen MR) is 143 cm³/mol. The Labute approximate surface area is 213 Å². The molecule has 0 aliphatic rings. The molecule has 0 saturated heterocycles. The first-order valence-corrected chi connectivity index (χ1v) is 11.9. The summed E-state index contributed by atoms with van der Waals surface area (Å²) in [6.07, 6.45) is 1.86. The summed E-state index contributed by atoms with van der Waals surface area (Å²) in [4.78, 5) is 26.1. The summed E-state index contributed by atoms with van der Waals surface area (Å²) in [5.74, 6) is 0.288. The molecule has 0 bridgehead atoms. The van der Waals surface area contributed by atoms with Crippen LogP contribution >= 0.6 is 11.6 Å². The van der Waals surface area contributed by atoms with Crippen molar-refractivity contribution in [3.05, 3.63) is 131 Å². The lowest BCUT2D eigenvalue weighted by Gasteiger charge is -2.12. The first kappa shape index (κ1) is 23.4. The van der Waals surface area contributed by atoms with Gasteiger partial charge in [-0.3, -0.25) is 9.59 Å². The van der Waals surface area contributed by atoms with Crippen LogP contribution in [0.2, 0.25) is 5.02 Å². The lowest BCUT2D eigenvalue weighted by molar-refractivity contribution is -0.116. The van der Waals surface area contributed by atoms with E-state index >= 15 is 0 Å². The van der Waals surface area contributed by atoms with E-state index in [-0.39, 0.29) is 18.2 Å². The number of fused-ring (bicyclic) bond motifs is 1. The number of halogens is 1. The average Bonchev–Trinajstić information content (AvgIpc) is 3.32. The molecule has 1 heterocycles. The van der Waals surface area contributed by atoms with Crippen molar-refractivity contribution < 1.29 is 14.3 Å². The molecule has 0 radical (unpaired) electrons. The van der Waals surface area contributed by atoms with Crippen LogP contribution in [0.3, 0.4) is 0 Å². The number of anilines is 1. The van der Waals surface area contributed by atoms with Crippen LogP contribution in [0.1, 0.15) is 21.5 Å². The molecule has 1 amide bonds. The topological polar surface area (TPSA) is 60.3 Å². The number of hydrogen-bond acceptors (Lipinski definition) is 3. The van der Waals surface area contributed by atoms with Crippen LogP contribution in [0.5, 0.6) is 5.75 Å². The zero-order chi connectivity index (χ0) is 24.9. The molecule has 0 spiro atoms. The van der Waals surface area contributed by atoms with E-state index in [0.29, 0.717) is 28.4 Å². The monoisotopic (exact) mass is 494 g/mol. The lowest BCUT2D eigenvalue weighted by atomic mass is 10.0. The number of carbonyl (C=O) groups excluding carboxylic acids is 2. The molecule has 0 atom stereocenters. The Hall–Kier alpha value is -4.35. The fourth-order valence-corrected chi connectivity index (χ4v) is 4.27. The maximum Gasteiger partial charge on any atom is 0.244 e. The second kappa shape index (κ2) is 10.5. The number of rotatable bonds is 8.